The molecule has 9 heteroatoms. The van der Waals surface area contributed by atoms with E-state index in [1.165, 1.54) is 19.2 Å². The number of hydrogen-bond donors (Lipinski definition) is 1. The van der Waals surface area contributed by atoms with Crippen LogP contribution in [-0.2, 0) is 26.1 Å². The van der Waals surface area contributed by atoms with Gasteiger partial charge in [-0.15, -0.1) is 0 Å². The van der Waals surface area contributed by atoms with Crippen molar-refractivity contribution >= 4 is 39.1 Å². The van der Waals surface area contributed by atoms with E-state index in [2.05, 4.69) is 5.32 Å². The summed E-state index contributed by atoms with van der Waals surface area (Å²) in [6.45, 7) is 1.73. The van der Waals surface area contributed by atoms with Crippen molar-refractivity contribution < 1.29 is 17.9 Å². The molecule has 0 unspecified atom stereocenters. The summed E-state index contributed by atoms with van der Waals surface area (Å²) in [7, 11) is -2.37. The molecule has 0 aromatic heterocycles. The van der Waals surface area contributed by atoms with Gasteiger partial charge >= 0.3 is 0 Å². The Morgan fingerprint density at radius 2 is 1.82 bits per heavy atom. The molecule has 0 heterocycles. The number of nitrogens with one attached hydrogen (secondary N) is 1. The van der Waals surface area contributed by atoms with Gasteiger partial charge < -0.3 is 10.1 Å². The number of carbonyl (C=O) groups is 1. The van der Waals surface area contributed by atoms with E-state index in [4.69, 9.17) is 27.9 Å². The lowest BCUT2D eigenvalue weighted by atomic mass is 10.2. The van der Waals surface area contributed by atoms with Crippen LogP contribution < -0.4 is 5.32 Å². The Kier molecular flexibility index (Phi) is 8.27. The number of rotatable bonds is 9. The van der Waals surface area contributed by atoms with E-state index >= 15 is 0 Å². The standard InChI is InChI=1S/C19H22Cl2N2O4S/c1-14(13-27-2)22-19(24)12-23(11-15-8-9-17(20)18(21)10-15)28(25,26)16-6-4-3-5-7-16/h3-10,14H,11-13H2,1-2H3,(H,22,24)/t14-/m0/s1. The molecule has 0 bridgehead atoms. The second-order valence-electron chi connectivity index (χ2n) is 6.26. The minimum Gasteiger partial charge on any atom is -0.383 e. The topological polar surface area (TPSA) is 75.7 Å². The fraction of sp³-hybridized carbons (Fsp3) is 0.316. The molecule has 0 radical (unpaired) electrons. The van der Waals surface area contributed by atoms with Crippen LogP contribution in [0, 0.1) is 0 Å². The van der Waals surface area contributed by atoms with Crippen LogP contribution in [0.3, 0.4) is 0 Å². The van der Waals surface area contributed by atoms with Gasteiger partial charge in [-0.3, -0.25) is 4.79 Å². The van der Waals surface area contributed by atoms with E-state index in [0.29, 0.717) is 22.2 Å². The Morgan fingerprint density at radius 3 is 2.43 bits per heavy atom. The lowest BCUT2D eigenvalue weighted by Gasteiger charge is -2.23. The molecule has 6 nitrogen and oxygen atoms in total. The first kappa shape index (κ1) is 22.6. The number of amides is 1. The second-order valence-corrected chi connectivity index (χ2v) is 9.01. The third-order valence-electron chi connectivity index (χ3n) is 3.87. The first-order valence-electron chi connectivity index (χ1n) is 8.51. The highest BCUT2D eigenvalue weighted by Crippen LogP contribution is 2.25. The van der Waals surface area contributed by atoms with Gasteiger partial charge in [0.1, 0.15) is 0 Å². The Hall–Kier alpha value is -1.64. The highest BCUT2D eigenvalue weighted by Gasteiger charge is 2.27. The van der Waals surface area contributed by atoms with Gasteiger partial charge in [0.05, 0.1) is 28.1 Å². The van der Waals surface area contributed by atoms with E-state index < -0.39 is 15.9 Å². The van der Waals surface area contributed by atoms with E-state index in [1.54, 1.807) is 43.3 Å². The van der Waals surface area contributed by atoms with Gasteiger partial charge in [-0.1, -0.05) is 47.5 Å². The van der Waals surface area contributed by atoms with E-state index in [-0.39, 0.29) is 24.0 Å². The van der Waals surface area contributed by atoms with Crippen LogP contribution in [0.1, 0.15) is 12.5 Å². The number of methoxy groups -OCH3 is 1. The van der Waals surface area contributed by atoms with Crippen LogP contribution in [-0.4, -0.2) is 44.9 Å². The van der Waals surface area contributed by atoms with E-state index in [1.807, 2.05) is 0 Å². The summed E-state index contributed by atoms with van der Waals surface area (Å²) in [5.74, 6) is -0.427. The molecule has 0 saturated heterocycles. The van der Waals surface area contributed by atoms with E-state index in [9.17, 15) is 13.2 Å². The summed E-state index contributed by atoms with van der Waals surface area (Å²) in [4.78, 5) is 12.5. The first-order chi connectivity index (χ1) is 13.2. The zero-order chi connectivity index (χ0) is 20.7. The Labute approximate surface area is 175 Å². The van der Waals surface area contributed by atoms with E-state index in [0.717, 1.165) is 4.31 Å². The average Bonchev–Trinajstić information content (AvgIpc) is 2.65. The molecule has 0 aliphatic rings. The van der Waals surface area contributed by atoms with Crippen LogP contribution in [0.5, 0.6) is 0 Å². The summed E-state index contributed by atoms with van der Waals surface area (Å²) in [5.41, 5.74) is 0.617. The van der Waals surface area contributed by atoms with Crippen molar-refractivity contribution in [1.29, 1.82) is 0 Å². The van der Waals surface area contributed by atoms with Crippen molar-refractivity contribution in [2.45, 2.75) is 24.4 Å². The predicted molar refractivity (Wildman–Crippen MR) is 110 cm³/mol. The monoisotopic (exact) mass is 444 g/mol. The summed E-state index contributed by atoms with van der Waals surface area (Å²) < 4.78 is 32.3. The third-order valence-corrected chi connectivity index (χ3v) is 6.41. The molecular weight excluding hydrogens is 423 g/mol. The third kappa shape index (κ3) is 6.18. The molecule has 0 aliphatic heterocycles. The molecule has 1 amide bonds. The van der Waals surface area contributed by atoms with Gasteiger partial charge in [-0.05, 0) is 36.8 Å². The van der Waals surface area contributed by atoms with Crippen molar-refractivity contribution in [1.82, 2.24) is 9.62 Å². The number of nitrogens with zero attached hydrogens (tertiary/aromatic N) is 1. The van der Waals surface area contributed by atoms with Gasteiger partial charge in [0.2, 0.25) is 15.9 Å². The SMILES string of the molecule is COC[C@H](C)NC(=O)CN(Cc1ccc(Cl)c(Cl)c1)S(=O)(=O)c1ccccc1. The van der Waals surface area contributed by atoms with Crippen molar-refractivity contribution in [2.75, 3.05) is 20.3 Å². The lowest BCUT2D eigenvalue weighted by molar-refractivity contribution is -0.122. The van der Waals surface area contributed by atoms with Crippen molar-refractivity contribution in [2.24, 2.45) is 0 Å². The van der Waals surface area contributed by atoms with Crippen molar-refractivity contribution in [3.63, 3.8) is 0 Å². The molecule has 1 atom stereocenters. The highest BCUT2D eigenvalue weighted by atomic mass is 35.5. The molecule has 2 aromatic carbocycles. The molecule has 2 rings (SSSR count). The molecule has 0 spiro atoms. The van der Waals surface area contributed by atoms with Gasteiger partial charge in [-0.2, -0.15) is 4.31 Å². The van der Waals surface area contributed by atoms with Crippen LogP contribution in [0.2, 0.25) is 10.0 Å². The maximum atomic E-state index is 13.1. The Bertz CT molecular complexity index is 907. The van der Waals surface area contributed by atoms with Crippen LogP contribution >= 0.6 is 23.2 Å². The Morgan fingerprint density at radius 1 is 1.14 bits per heavy atom. The molecular formula is C19H22Cl2N2O4S. The lowest BCUT2D eigenvalue weighted by Crippen LogP contribution is -2.44. The van der Waals surface area contributed by atoms with Gasteiger partial charge in [0, 0.05) is 19.7 Å². The second kappa shape index (κ2) is 10.2. The minimum absolute atomic E-state index is 0.0276. The van der Waals surface area contributed by atoms with Crippen LogP contribution in [0.4, 0.5) is 0 Å². The smallest absolute Gasteiger partial charge is 0.243 e. The maximum absolute atomic E-state index is 13.1. The van der Waals surface area contributed by atoms with Gasteiger partial charge in [-0.25, -0.2) is 8.42 Å². The first-order valence-corrected chi connectivity index (χ1v) is 10.7. The fourth-order valence-corrected chi connectivity index (χ4v) is 4.31. The quantitative estimate of drug-likeness (QED) is 0.643. The molecule has 0 aliphatic carbocycles. The molecule has 1 N–H and O–H groups in total. The maximum Gasteiger partial charge on any atom is 0.243 e. The summed E-state index contributed by atoms with van der Waals surface area (Å²) in [6.07, 6.45) is 0. The molecule has 0 saturated carbocycles. The molecule has 0 fully saturated rings. The van der Waals surface area contributed by atoms with Crippen LogP contribution in [0.15, 0.2) is 53.4 Å². The highest BCUT2D eigenvalue weighted by molar-refractivity contribution is 7.89. The van der Waals surface area contributed by atoms with Crippen molar-refractivity contribution in [3.8, 4) is 0 Å². The predicted octanol–water partition coefficient (Wildman–Crippen LogP) is 3.34. The van der Waals surface area contributed by atoms with Crippen molar-refractivity contribution in [3.05, 3.63) is 64.1 Å². The number of hydrogen-bond acceptors (Lipinski definition) is 4. The van der Waals surface area contributed by atoms with Gasteiger partial charge in [0.15, 0.2) is 0 Å². The summed E-state index contributed by atoms with van der Waals surface area (Å²) in [5, 5.41) is 3.41. The van der Waals surface area contributed by atoms with Crippen LogP contribution in [0.25, 0.3) is 0 Å². The number of ether oxygens (including phenoxy) is 1. The Balaban J connectivity index is 2.29. The fourth-order valence-electron chi connectivity index (χ4n) is 2.58. The summed E-state index contributed by atoms with van der Waals surface area (Å²) in [6, 6.07) is 12.6. The number of sulfonamides is 1. The number of halogens is 2. The zero-order valence-electron chi connectivity index (χ0n) is 15.6. The molecule has 28 heavy (non-hydrogen) atoms. The minimum atomic E-state index is -3.90. The molecule has 2 aromatic rings. The molecule has 152 valence electrons. The summed E-state index contributed by atoms with van der Waals surface area (Å²) >= 11 is 12.0. The number of carbonyl (C=O) groups excluding carboxylic acids is 1. The van der Waals surface area contributed by atoms with Gasteiger partial charge in [0.25, 0.3) is 0 Å². The normalized spacial score (nSPS) is 12.8. The largest absolute Gasteiger partial charge is 0.383 e. The number of benzene rings is 2. The average molecular weight is 445 g/mol. The zero-order valence-corrected chi connectivity index (χ0v) is 17.9.